The average molecular weight is 344 g/mol. The van der Waals surface area contributed by atoms with Gasteiger partial charge in [0, 0.05) is 24.2 Å². The molecule has 1 fully saturated rings. The lowest BCUT2D eigenvalue weighted by atomic mass is 9.81. The van der Waals surface area contributed by atoms with Crippen molar-refractivity contribution in [1.29, 1.82) is 0 Å². The standard InChI is InChI=1S/C21H32N2O2/c1-7-15-10-8-9-11-17(15)23-13-16(12-18(23)24)19(25)22-21(5,6)14-20(2,3)4/h8-11,16H,7,12-14H2,1-6H3,(H,22,25). The van der Waals surface area contributed by atoms with Gasteiger partial charge in [-0.05, 0) is 43.7 Å². The molecule has 1 heterocycles. The molecule has 1 atom stereocenters. The largest absolute Gasteiger partial charge is 0.351 e. The van der Waals surface area contributed by atoms with Crippen LogP contribution in [0, 0.1) is 11.3 Å². The monoisotopic (exact) mass is 344 g/mol. The summed E-state index contributed by atoms with van der Waals surface area (Å²) in [6.45, 7) is 13.2. The van der Waals surface area contributed by atoms with Crippen LogP contribution in [0.15, 0.2) is 24.3 Å². The highest BCUT2D eigenvalue weighted by molar-refractivity contribution is 6.00. The summed E-state index contributed by atoms with van der Waals surface area (Å²) in [7, 11) is 0. The molecule has 1 aliphatic heterocycles. The van der Waals surface area contributed by atoms with Gasteiger partial charge in [-0.2, -0.15) is 0 Å². The normalized spacial score (nSPS) is 18.6. The highest BCUT2D eigenvalue weighted by Gasteiger charge is 2.38. The van der Waals surface area contributed by atoms with E-state index in [1.165, 1.54) is 0 Å². The molecule has 138 valence electrons. The van der Waals surface area contributed by atoms with Gasteiger partial charge in [-0.1, -0.05) is 45.9 Å². The van der Waals surface area contributed by atoms with Gasteiger partial charge < -0.3 is 10.2 Å². The number of anilines is 1. The molecular weight excluding hydrogens is 312 g/mol. The third-order valence-corrected chi connectivity index (χ3v) is 4.59. The van der Waals surface area contributed by atoms with E-state index in [9.17, 15) is 9.59 Å². The van der Waals surface area contributed by atoms with E-state index >= 15 is 0 Å². The van der Waals surface area contributed by atoms with Gasteiger partial charge in [-0.3, -0.25) is 9.59 Å². The second-order valence-electron chi connectivity index (χ2n) is 9.00. The molecule has 0 bridgehead atoms. The fourth-order valence-corrected chi connectivity index (χ4v) is 3.99. The van der Waals surface area contributed by atoms with Crippen molar-refractivity contribution in [2.24, 2.45) is 11.3 Å². The number of hydrogen-bond donors (Lipinski definition) is 1. The third kappa shape index (κ3) is 5.07. The van der Waals surface area contributed by atoms with Crippen LogP contribution in [0.1, 0.15) is 59.9 Å². The van der Waals surface area contributed by atoms with E-state index < -0.39 is 0 Å². The van der Waals surface area contributed by atoms with Crippen LogP contribution in [0.3, 0.4) is 0 Å². The van der Waals surface area contributed by atoms with Gasteiger partial charge in [-0.25, -0.2) is 0 Å². The lowest BCUT2D eigenvalue weighted by Gasteiger charge is -2.34. The van der Waals surface area contributed by atoms with Gasteiger partial charge >= 0.3 is 0 Å². The van der Waals surface area contributed by atoms with Crippen molar-refractivity contribution in [3.05, 3.63) is 29.8 Å². The van der Waals surface area contributed by atoms with E-state index in [0.29, 0.717) is 6.54 Å². The zero-order chi connectivity index (χ0) is 18.8. The summed E-state index contributed by atoms with van der Waals surface area (Å²) in [5.41, 5.74) is 1.94. The van der Waals surface area contributed by atoms with Crippen LogP contribution in [0.5, 0.6) is 0 Å². The van der Waals surface area contributed by atoms with Crippen molar-refractivity contribution in [3.63, 3.8) is 0 Å². The van der Waals surface area contributed by atoms with E-state index in [-0.39, 0.29) is 35.1 Å². The number of para-hydroxylation sites is 1. The lowest BCUT2D eigenvalue weighted by Crippen LogP contribution is -2.48. The summed E-state index contributed by atoms with van der Waals surface area (Å²) in [6, 6.07) is 7.95. The molecule has 0 spiro atoms. The number of carbonyl (C=O) groups is 2. The molecule has 0 radical (unpaired) electrons. The molecule has 4 nitrogen and oxygen atoms in total. The molecule has 1 aromatic carbocycles. The lowest BCUT2D eigenvalue weighted by molar-refractivity contribution is -0.128. The Morgan fingerprint density at radius 1 is 1.20 bits per heavy atom. The topological polar surface area (TPSA) is 49.4 Å². The Balaban J connectivity index is 2.08. The molecule has 1 aromatic rings. The number of amides is 2. The van der Waals surface area contributed by atoms with Crippen LogP contribution in [-0.2, 0) is 16.0 Å². The molecule has 2 rings (SSSR count). The Hall–Kier alpha value is -1.84. The predicted molar refractivity (Wildman–Crippen MR) is 103 cm³/mol. The van der Waals surface area contributed by atoms with E-state index in [2.05, 4.69) is 46.9 Å². The van der Waals surface area contributed by atoms with E-state index in [1.54, 1.807) is 4.90 Å². The summed E-state index contributed by atoms with van der Waals surface area (Å²) in [5, 5.41) is 3.16. The maximum atomic E-state index is 12.7. The number of nitrogens with one attached hydrogen (secondary N) is 1. The Kier molecular flexibility index (Phi) is 5.60. The minimum Gasteiger partial charge on any atom is -0.351 e. The summed E-state index contributed by atoms with van der Waals surface area (Å²) in [5.74, 6) is -0.259. The zero-order valence-electron chi connectivity index (χ0n) is 16.5. The smallest absolute Gasteiger partial charge is 0.227 e. The highest BCUT2D eigenvalue weighted by atomic mass is 16.2. The van der Waals surface area contributed by atoms with Crippen molar-refractivity contribution in [3.8, 4) is 0 Å². The molecule has 1 saturated heterocycles. The van der Waals surface area contributed by atoms with Crippen LogP contribution in [0.4, 0.5) is 5.69 Å². The van der Waals surface area contributed by atoms with Gasteiger partial charge in [0.25, 0.3) is 0 Å². The fraction of sp³-hybridized carbons (Fsp3) is 0.619. The Morgan fingerprint density at radius 3 is 2.44 bits per heavy atom. The summed E-state index contributed by atoms with van der Waals surface area (Å²) < 4.78 is 0. The number of hydrogen-bond acceptors (Lipinski definition) is 2. The molecule has 2 amide bonds. The Labute approximate surface area is 152 Å². The molecule has 0 saturated carbocycles. The van der Waals surface area contributed by atoms with Crippen LogP contribution in [0.2, 0.25) is 0 Å². The van der Waals surface area contributed by atoms with Gasteiger partial charge in [0.2, 0.25) is 11.8 Å². The number of carbonyl (C=O) groups excluding carboxylic acids is 2. The van der Waals surface area contributed by atoms with Crippen molar-refractivity contribution in [2.75, 3.05) is 11.4 Å². The van der Waals surface area contributed by atoms with Crippen LogP contribution in [-0.4, -0.2) is 23.9 Å². The maximum Gasteiger partial charge on any atom is 0.227 e. The minimum absolute atomic E-state index is 0.0147. The predicted octanol–water partition coefficient (Wildman–Crippen LogP) is 3.93. The second-order valence-corrected chi connectivity index (χ2v) is 9.00. The van der Waals surface area contributed by atoms with Crippen molar-refractivity contribution < 1.29 is 9.59 Å². The molecule has 0 aromatic heterocycles. The average Bonchev–Trinajstić information content (AvgIpc) is 2.86. The van der Waals surface area contributed by atoms with Crippen LogP contribution < -0.4 is 10.2 Å². The van der Waals surface area contributed by atoms with Crippen LogP contribution in [0.25, 0.3) is 0 Å². The molecule has 4 heteroatoms. The van der Waals surface area contributed by atoms with Crippen molar-refractivity contribution in [1.82, 2.24) is 5.32 Å². The number of aryl methyl sites for hydroxylation is 1. The molecule has 1 N–H and O–H groups in total. The summed E-state index contributed by atoms with van der Waals surface area (Å²) in [4.78, 5) is 27.0. The van der Waals surface area contributed by atoms with Crippen molar-refractivity contribution in [2.45, 2.75) is 66.3 Å². The zero-order valence-corrected chi connectivity index (χ0v) is 16.5. The number of nitrogens with zero attached hydrogens (tertiary/aromatic N) is 1. The fourth-order valence-electron chi connectivity index (χ4n) is 3.99. The quantitative estimate of drug-likeness (QED) is 0.880. The molecule has 1 unspecified atom stereocenters. The molecule has 0 aliphatic carbocycles. The van der Waals surface area contributed by atoms with Gasteiger partial charge in [0.05, 0.1) is 5.92 Å². The maximum absolute atomic E-state index is 12.7. The Bertz CT molecular complexity index is 644. The SMILES string of the molecule is CCc1ccccc1N1CC(C(=O)NC(C)(C)CC(C)(C)C)CC1=O. The minimum atomic E-state index is -0.285. The van der Waals surface area contributed by atoms with Gasteiger partial charge in [-0.15, -0.1) is 0 Å². The van der Waals surface area contributed by atoms with Crippen molar-refractivity contribution >= 4 is 17.5 Å². The summed E-state index contributed by atoms with van der Waals surface area (Å²) in [6.07, 6.45) is 2.04. The number of rotatable bonds is 5. The van der Waals surface area contributed by atoms with E-state index in [4.69, 9.17) is 0 Å². The van der Waals surface area contributed by atoms with E-state index in [1.807, 2.05) is 24.3 Å². The summed E-state index contributed by atoms with van der Waals surface area (Å²) >= 11 is 0. The Morgan fingerprint density at radius 2 is 1.84 bits per heavy atom. The molecular formula is C21H32N2O2. The second kappa shape index (κ2) is 7.19. The third-order valence-electron chi connectivity index (χ3n) is 4.59. The molecule has 25 heavy (non-hydrogen) atoms. The highest BCUT2D eigenvalue weighted by Crippen LogP contribution is 2.30. The molecule has 1 aliphatic rings. The first-order chi connectivity index (χ1) is 11.5. The first-order valence-electron chi connectivity index (χ1n) is 9.23. The number of benzene rings is 1. The van der Waals surface area contributed by atoms with Crippen LogP contribution >= 0.6 is 0 Å². The van der Waals surface area contributed by atoms with E-state index in [0.717, 1.165) is 24.1 Å². The first-order valence-corrected chi connectivity index (χ1v) is 9.23. The first kappa shape index (κ1) is 19.5. The van der Waals surface area contributed by atoms with Gasteiger partial charge in [0.15, 0.2) is 0 Å². The van der Waals surface area contributed by atoms with Gasteiger partial charge in [0.1, 0.15) is 0 Å².